The Bertz CT molecular complexity index is 463. The molecule has 0 spiro atoms. The van der Waals surface area contributed by atoms with E-state index in [4.69, 9.17) is 5.11 Å². The van der Waals surface area contributed by atoms with Gasteiger partial charge in [-0.3, -0.25) is 9.59 Å². The average molecular weight is 257 g/mol. The second kappa shape index (κ2) is 6.09. The van der Waals surface area contributed by atoms with Crippen LogP contribution in [0.25, 0.3) is 0 Å². The molecule has 4 nitrogen and oxygen atoms in total. The topological polar surface area (TPSA) is 66.4 Å². The molecule has 0 aliphatic rings. The van der Waals surface area contributed by atoms with Gasteiger partial charge in [-0.05, 0) is 25.0 Å². The molecule has 0 saturated heterocycles. The van der Waals surface area contributed by atoms with Crippen molar-refractivity contribution in [1.29, 1.82) is 0 Å². The van der Waals surface area contributed by atoms with Crippen LogP contribution in [0.3, 0.4) is 0 Å². The maximum Gasteiger partial charge on any atom is 0.325 e. The highest BCUT2D eigenvalue weighted by Gasteiger charge is 2.14. The fourth-order valence-corrected chi connectivity index (χ4v) is 1.37. The van der Waals surface area contributed by atoms with E-state index in [0.29, 0.717) is 0 Å². The normalized spacial score (nSPS) is 11.9. The van der Waals surface area contributed by atoms with Gasteiger partial charge < -0.3 is 10.4 Å². The summed E-state index contributed by atoms with van der Waals surface area (Å²) in [5.74, 6) is -3.61. The number of benzene rings is 1. The zero-order valence-corrected chi connectivity index (χ0v) is 9.74. The maximum absolute atomic E-state index is 13.2. The van der Waals surface area contributed by atoms with Crippen molar-refractivity contribution in [3.8, 4) is 0 Å². The summed E-state index contributed by atoms with van der Waals surface area (Å²) < 4.78 is 26.1. The van der Waals surface area contributed by atoms with Gasteiger partial charge >= 0.3 is 5.97 Å². The molecule has 0 fully saturated rings. The van der Waals surface area contributed by atoms with Crippen molar-refractivity contribution in [2.75, 3.05) is 0 Å². The minimum absolute atomic E-state index is 0.0156. The molecule has 0 aliphatic heterocycles. The van der Waals surface area contributed by atoms with Crippen molar-refractivity contribution in [2.24, 2.45) is 0 Å². The van der Waals surface area contributed by atoms with E-state index in [1.165, 1.54) is 19.1 Å². The third-order valence-electron chi connectivity index (χ3n) is 2.40. The summed E-state index contributed by atoms with van der Waals surface area (Å²) in [5, 5.41) is 10.8. The van der Waals surface area contributed by atoms with Gasteiger partial charge in [0.25, 0.3) is 0 Å². The highest BCUT2D eigenvalue weighted by atomic mass is 19.2. The highest BCUT2D eigenvalue weighted by molar-refractivity contribution is 5.83. The average Bonchev–Trinajstić information content (AvgIpc) is 2.31. The van der Waals surface area contributed by atoms with E-state index in [2.05, 4.69) is 5.32 Å². The highest BCUT2D eigenvalue weighted by Crippen LogP contribution is 2.13. The fraction of sp³-hybridized carbons (Fsp3) is 0.333. The number of aryl methyl sites for hydroxylation is 1. The molecule has 1 rings (SSSR count). The van der Waals surface area contributed by atoms with Gasteiger partial charge in [0.05, 0.1) is 0 Å². The molecule has 1 atom stereocenters. The number of carboxylic acid groups (broad SMARTS) is 1. The summed E-state index contributed by atoms with van der Waals surface area (Å²) in [6.07, 6.45) is -0.0836. The van der Waals surface area contributed by atoms with Crippen molar-refractivity contribution >= 4 is 11.9 Å². The molecule has 1 aromatic carbocycles. The van der Waals surface area contributed by atoms with Crippen LogP contribution in [-0.4, -0.2) is 23.0 Å². The van der Waals surface area contributed by atoms with E-state index in [1.807, 2.05) is 0 Å². The summed E-state index contributed by atoms with van der Waals surface area (Å²) in [5.41, 5.74) is 0.0909. The van der Waals surface area contributed by atoms with Crippen LogP contribution >= 0.6 is 0 Å². The molecule has 0 unspecified atom stereocenters. The van der Waals surface area contributed by atoms with Crippen LogP contribution in [0.5, 0.6) is 0 Å². The van der Waals surface area contributed by atoms with Gasteiger partial charge in [-0.2, -0.15) is 0 Å². The number of rotatable bonds is 5. The van der Waals surface area contributed by atoms with Crippen molar-refractivity contribution < 1.29 is 23.5 Å². The Kier molecular flexibility index (Phi) is 4.76. The predicted molar refractivity (Wildman–Crippen MR) is 59.9 cm³/mol. The second-order valence-electron chi connectivity index (χ2n) is 3.84. The number of carbonyl (C=O) groups is 2. The molecule has 18 heavy (non-hydrogen) atoms. The van der Waals surface area contributed by atoms with Crippen molar-refractivity contribution in [1.82, 2.24) is 5.32 Å². The lowest BCUT2D eigenvalue weighted by Gasteiger charge is -2.09. The molecule has 6 heteroatoms. The lowest BCUT2D eigenvalue weighted by Crippen LogP contribution is -2.38. The summed E-state index contributed by atoms with van der Waals surface area (Å²) >= 11 is 0. The van der Waals surface area contributed by atoms with Crippen LogP contribution < -0.4 is 5.32 Å². The Labute approximate surface area is 103 Å². The number of amides is 1. The van der Waals surface area contributed by atoms with Gasteiger partial charge in [0.2, 0.25) is 5.91 Å². The summed E-state index contributed by atoms with van der Waals surface area (Å²) in [4.78, 5) is 21.8. The standard InChI is InChI=1S/C12H13F2NO3/c1-7(12(17)18)15-10(16)6-5-8-3-2-4-9(13)11(8)14/h2-4,7H,5-6H2,1H3,(H,15,16)(H,17,18)/t7-/m0/s1. The Hall–Kier alpha value is -1.98. The van der Waals surface area contributed by atoms with Gasteiger partial charge in [0.1, 0.15) is 6.04 Å². The second-order valence-corrected chi connectivity index (χ2v) is 3.84. The number of hydrogen-bond acceptors (Lipinski definition) is 2. The van der Waals surface area contributed by atoms with Crippen LogP contribution in [0.1, 0.15) is 18.9 Å². The quantitative estimate of drug-likeness (QED) is 0.839. The molecule has 1 aromatic rings. The zero-order valence-electron chi connectivity index (χ0n) is 9.74. The third kappa shape index (κ3) is 3.80. The Balaban J connectivity index is 2.53. The molecule has 98 valence electrons. The first-order valence-electron chi connectivity index (χ1n) is 5.37. The molecule has 0 heterocycles. The molecule has 2 N–H and O–H groups in total. The van der Waals surface area contributed by atoms with E-state index in [1.54, 1.807) is 0 Å². The number of carboxylic acids is 1. The molecule has 0 aromatic heterocycles. The lowest BCUT2D eigenvalue weighted by atomic mass is 10.1. The van der Waals surface area contributed by atoms with Crippen molar-refractivity contribution in [3.05, 3.63) is 35.4 Å². The molecule has 0 radical (unpaired) electrons. The number of carbonyl (C=O) groups excluding carboxylic acids is 1. The molecule has 0 saturated carbocycles. The van der Waals surface area contributed by atoms with E-state index in [9.17, 15) is 18.4 Å². The summed E-state index contributed by atoms with van der Waals surface area (Å²) in [6.45, 7) is 1.32. The Morgan fingerprint density at radius 1 is 1.39 bits per heavy atom. The SMILES string of the molecule is C[C@H](NC(=O)CCc1cccc(F)c1F)C(=O)O. The van der Waals surface area contributed by atoms with E-state index < -0.39 is 29.6 Å². The van der Waals surface area contributed by atoms with Gasteiger partial charge in [0, 0.05) is 6.42 Å². The predicted octanol–water partition coefficient (Wildman–Crippen LogP) is 1.49. The van der Waals surface area contributed by atoms with Gasteiger partial charge in [-0.1, -0.05) is 12.1 Å². The lowest BCUT2D eigenvalue weighted by molar-refractivity contribution is -0.141. The van der Waals surface area contributed by atoms with E-state index in [-0.39, 0.29) is 18.4 Å². The maximum atomic E-state index is 13.2. The molecular weight excluding hydrogens is 244 g/mol. The number of halogens is 2. The van der Waals surface area contributed by atoms with Crippen LogP contribution in [0, 0.1) is 11.6 Å². The summed E-state index contributed by atoms with van der Waals surface area (Å²) in [6, 6.07) is 2.72. The Morgan fingerprint density at radius 2 is 2.06 bits per heavy atom. The minimum atomic E-state index is -1.15. The first-order chi connectivity index (χ1) is 8.41. The first kappa shape index (κ1) is 14.1. The smallest absolute Gasteiger partial charge is 0.325 e. The fourth-order valence-electron chi connectivity index (χ4n) is 1.37. The van der Waals surface area contributed by atoms with Gasteiger partial charge in [-0.25, -0.2) is 8.78 Å². The zero-order chi connectivity index (χ0) is 13.7. The molecule has 0 aliphatic carbocycles. The third-order valence-corrected chi connectivity index (χ3v) is 2.40. The van der Waals surface area contributed by atoms with E-state index in [0.717, 1.165) is 6.07 Å². The number of nitrogens with one attached hydrogen (secondary N) is 1. The molecular formula is C12H13F2NO3. The summed E-state index contributed by atoms with van der Waals surface area (Å²) in [7, 11) is 0. The van der Waals surface area contributed by atoms with Crippen LogP contribution in [0.15, 0.2) is 18.2 Å². The van der Waals surface area contributed by atoms with E-state index >= 15 is 0 Å². The van der Waals surface area contributed by atoms with Crippen molar-refractivity contribution in [2.45, 2.75) is 25.8 Å². The largest absolute Gasteiger partial charge is 0.480 e. The Morgan fingerprint density at radius 3 is 2.67 bits per heavy atom. The number of hydrogen-bond donors (Lipinski definition) is 2. The molecule has 1 amide bonds. The van der Waals surface area contributed by atoms with Gasteiger partial charge in [-0.15, -0.1) is 0 Å². The van der Waals surface area contributed by atoms with Crippen LogP contribution in [0.2, 0.25) is 0 Å². The van der Waals surface area contributed by atoms with Crippen molar-refractivity contribution in [3.63, 3.8) is 0 Å². The monoisotopic (exact) mass is 257 g/mol. The van der Waals surface area contributed by atoms with Gasteiger partial charge in [0.15, 0.2) is 11.6 Å². The minimum Gasteiger partial charge on any atom is -0.480 e. The van der Waals surface area contributed by atoms with Crippen LogP contribution in [-0.2, 0) is 16.0 Å². The van der Waals surface area contributed by atoms with Crippen LogP contribution in [0.4, 0.5) is 8.78 Å². The molecule has 0 bridgehead atoms. The first-order valence-corrected chi connectivity index (χ1v) is 5.37. The number of aliphatic carboxylic acids is 1.